The number of fused-ring (bicyclic) bond motifs is 2. The largest absolute Gasteiger partial charge is 0.285 e. The van der Waals surface area contributed by atoms with Crippen LogP contribution in [-0.4, -0.2) is 24.9 Å². The highest BCUT2D eigenvalue weighted by atomic mass is 79.9. The highest BCUT2D eigenvalue weighted by Gasteiger charge is 2.44. The van der Waals surface area contributed by atoms with E-state index in [1.807, 2.05) is 41.4 Å². The predicted molar refractivity (Wildman–Crippen MR) is 98.0 cm³/mol. The number of sulfonamides is 1. The van der Waals surface area contributed by atoms with E-state index in [1.165, 1.54) is 0 Å². The molecule has 1 fully saturated rings. The van der Waals surface area contributed by atoms with Crippen molar-refractivity contribution in [2.75, 3.05) is 5.01 Å². The Morgan fingerprint density at radius 2 is 1.50 bits per heavy atom. The molecule has 1 aliphatic carbocycles. The number of benzene rings is 2. The summed E-state index contributed by atoms with van der Waals surface area (Å²) >= 11 is 3.44. The molecule has 2 aromatic carbocycles. The maximum atomic E-state index is 13.3. The molecule has 2 heterocycles. The quantitative estimate of drug-likeness (QED) is 0.726. The molecular weight excluding hydrogens is 388 g/mol. The van der Waals surface area contributed by atoms with Gasteiger partial charge in [-0.2, -0.15) is 0 Å². The number of nitrogens with zero attached hydrogens (tertiary/aromatic N) is 2. The number of anilines is 1. The van der Waals surface area contributed by atoms with Crippen molar-refractivity contribution in [3.63, 3.8) is 0 Å². The first-order valence-corrected chi connectivity index (χ1v) is 10.1. The molecule has 3 aliphatic rings. The molecular formula is C18H17BrN2O2S. The standard InChI is InChI=1S/C18H17BrN2O2S/c19-14-6-8-15(9-7-14)20-16-10-12-17(13-11-16)21(20)24(22,23)18-4-2-1-3-5-18/h1-10,12,16-17H,11,13H2. The molecule has 0 aromatic heterocycles. The maximum Gasteiger partial charge on any atom is 0.260 e. The summed E-state index contributed by atoms with van der Waals surface area (Å²) in [6.45, 7) is 0. The van der Waals surface area contributed by atoms with Crippen molar-refractivity contribution in [3.8, 4) is 0 Å². The molecule has 2 bridgehead atoms. The lowest BCUT2D eigenvalue weighted by molar-refractivity contribution is 0.235. The summed E-state index contributed by atoms with van der Waals surface area (Å²) in [6.07, 6.45) is 5.94. The lowest BCUT2D eigenvalue weighted by atomic mass is 9.95. The number of rotatable bonds is 3. The summed E-state index contributed by atoms with van der Waals surface area (Å²) in [4.78, 5) is 0.327. The van der Waals surface area contributed by atoms with Gasteiger partial charge in [0.25, 0.3) is 10.0 Å². The summed E-state index contributed by atoms with van der Waals surface area (Å²) in [7, 11) is -3.60. The van der Waals surface area contributed by atoms with E-state index in [2.05, 4.69) is 22.0 Å². The molecule has 2 atom stereocenters. The molecule has 1 saturated heterocycles. The lowest BCUT2D eigenvalue weighted by Gasteiger charge is -2.50. The molecule has 0 N–H and O–H groups in total. The van der Waals surface area contributed by atoms with E-state index in [1.54, 1.807) is 28.7 Å². The highest BCUT2D eigenvalue weighted by molar-refractivity contribution is 9.10. The summed E-state index contributed by atoms with van der Waals surface area (Å²) in [5, 5.41) is 1.92. The molecule has 0 amide bonds. The second-order valence-corrected chi connectivity index (χ2v) is 8.72. The Morgan fingerprint density at radius 3 is 2.12 bits per heavy atom. The fourth-order valence-corrected chi connectivity index (χ4v) is 5.34. The molecule has 2 unspecified atom stereocenters. The van der Waals surface area contributed by atoms with Crippen LogP contribution < -0.4 is 5.01 Å². The predicted octanol–water partition coefficient (Wildman–Crippen LogP) is 3.96. The van der Waals surface area contributed by atoms with E-state index in [0.29, 0.717) is 4.90 Å². The Bertz CT molecular complexity index is 866. The zero-order valence-corrected chi connectivity index (χ0v) is 15.3. The summed E-state index contributed by atoms with van der Waals surface area (Å²) in [5.74, 6) is 0. The third-order valence-corrected chi connectivity index (χ3v) is 6.84. The van der Waals surface area contributed by atoms with Crippen LogP contribution in [-0.2, 0) is 10.0 Å². The minimum atomic E-state index is -3.60. The van der Waals surface area contributed by atoms with Crippen molar-refractivity contribution in [1.29, 1.82) is 0 Å². The van der Waals surface area contributed by atoms with Gasteiger partial charge in [0, 0.05) is 4.47 Å². The topological polar surface area (TPSA) is 40.6 Å². The smallest absolute Gasteiger partial charge is 0.260 e. The summed E-state index contributed by atoms with van der Waals surface area (Å²) < 4.78 is 29.1. The van der Waals surface area contributed by atoms with Gasteiger partial charge in [-0.15, -0.1) is 4.41 Å². The van der Waals surface area contributed by atoms with Crippen molar-refractivity contribution < 1.29 is 8.42 Å². The number of hydrogen-bond acceptors (Lipinski definition) is 3. The summed E-state index contributed by atoms with van der Waals surface area (Å²) in [6, 6.07) is 16.4. The van der Waals surface area contributed by atoms with Gasteiger partial charge in [-0.3, -0.25) is 5.01 Å². The van der Waals surface area contributed by atoms with Gasteiger partial charge in [0.05, 0.1) is 22.7 Å². The van der Waals surface area contributed by atoms with E-state index in [0.717, 1.165) is 23.0 Å². The van der Waals surface area contributed by atoms with Crippen LogP contribution in [0.3, 0.4) is 0 Å². The van der Waals surface area contributed by atoms with Crippen molar-refractivity contribution in [2.24, 2.45) is 0 Å². The third kappa shape index (κ3) is 2.59. The van der Waals surface area contributed by atoms with Gasteiger partial charge in [-0.1, -0.05) is 46.3 Å². The van der Waals surface area contributed by atoms with Crippen molar-refractivity contribution in [2.45, 2.75) is 29.8 Å². The molecule has 6 heteroatoms. The van der Waals surface area contributed by atoms with Crippen LogP contribution >= 0.6 is 15.9 Å². The maximum absolute atomic E-state index is 13.3. The van der Waals surface area contributed by atoms with Crippen molar-refractivity contribution in [1.82, 2.24) is 4.41 Å². The first-order chi connectivity index (χ1) is 11.6. The number of hydrogen-bond donors (Lipinski definition) is 0. The monoisotopic (exact) mass is 404 g/mol. The first kappa shape index (κ1) is 15.9. The lowest BCUT2D eigenvalue weighted by Crippen LogP contribution is -2.61. The van der Waals surface area contributed by atoms with Gasteiger partial charge in [0.15, 0.2) is 0 Å². The molecule has 5 rings (SSSR count). The van der Waals surface area contributed by atoms with E-state index in [-0.39, 0.29) is 12.1 Å². The molecule has 2 aliphatic heterocycles. The van der Waals surface area contributed by atoms with Crippen molar-refractivity contribution in [3.05, 3.63) is 71.2 Å². The SMILES string of the molecule is O=S(=O)(c1ccccc1)N1C2C=CC(CC2)N1c1ccc(Br)cc1. The number of hydrazine groups is 1. The fourth-order valence-electron chi connectivity index (χ4n) is 3.38. The Hall–Kier alpha value is -1.63. The van der Waals surface area contributed by atoms with E-state index < -0.39 is 10.0 Å². The van der Waals surface area contributed by atoms with Gasteiger partial charge in [0.1, 0.15) is 0 Å². The molecule has 0 radical (unpaired) electrons. The van der Waals surface area contributed by atoms with E-state index in [9.17, 15) is 8.42 Å². The minimum Gasteiger partial charge on any atom is -0.285 e. The van der Waals surface area contributed by atoms with Crippen LogP contribution in [0.4, 0.5) is 5.69 Å². The average Bonchev–Trinajstić information content (AvgIpc) is 2.63. The molecule has 0 saturated carbocycles. The van der Waals surface area contributed by atoms with E-state index >= 15 is 0 Å². The minimum absolute atomic E-state index is 0.0645. The van der Waals surface area contributed by atoms with Gasteiger partial charge < -0.3 is 0 Å². The normalized spacial score (nSPS) is 23.6. The first-order valence-electron chi connectivity index (χ1n) is 7.90. The van der Waals surface area contributed by atoms with Crippen LogP contribution in [0.5, 0.6) is 0 Å². The molecule has 24 heavy (non-hydrogen) atoms. The van der Waals surface area contributed by atoms with Gasteiger partial charge in [-0.05, 0) is 49.2 Å². The van der Waals surface area contributed by atoms with Crippen LogP contribution in [0.1, 0.15) is 12.8 Å². The van der Waals surface area contributed by atoms with Crippen LogP contribution in [0.15, 0.2) is 76.1 Å². The van der Waals surface area contributed by atoms with Gasteiger partial charge in [0.2, 0.25) is 0 Å². The number of halogens is 1. The van der Waals surface area contributed by atoms with Crippen LogP contribution in [0, 0.1) is 0 Å². The second-order valence-electron chi connectivity index (χ2n) is 6.01. The van der Waals surface area contributed by atoms with Gasteiger partial charge in [-0.25, -0.2) is 8.42 Å². The van der Waals surface area contributed by atoms with E-state index in [4.69, 9.17) is 0 Å². The molecule has 124 valence electrons. The van der Waals surface area contributed by atoms with Crippen LogP contribution in [0.25, 0.3) is 0 Å². The Labute approximate surface area is 150 Å². The third-order valence-electron chi connectivity index (χ3n) is 4.50. The Morgan fingerprint density at radius 1 is 0.875 bits per heavy atom. The average molecular weight is 405 g/mol. The zero-order chi connectivity index (χ0) is 16.7. The zero-order valence-electron chi connectivity index (χ0n) is 12.9. The second kappa shape index (κ2) is 6.02. The Balaban J connectivity index is 1.82. The highest BCUT2D eigenvalue weighted by Crippen LogP contribution is 2.38. The van der Waals surface area contributed by atoms with Gasteiger partial charge >= 0.3 is 0 Å². The fraction of sp³-hybridized carbons (Fsp3) is 0.222. The molecule has 0 spiro atoms. The van der Waals surface area contributed by atoms with Crippen molar-refractivity contribution >= 4 is 31.6 Å². The Kier molecular flexibility index (Phi) is 3.98. The van der Waals surface area contributed by atoms with Crippen LogP contribution in [0.2, 0.25) is 0 Å². The molecule has 4 nitrogen and oxygen atoms in total. The molecule has 2 aromatic rings. The summed E-state index contributed by atoms with van der Waals surface area (Å²) in [5.41, 5.74) is 0.886.